The molecular weight excluding hydrogens is 122 g/mol. The summed E-state index contributed by atoms with van der Waals surface area (Å²) in [6.07, 6.45) is 5.73. The molecule has 0 unspecified atom stereocenters. The van der Waals surface area contributed by atoms with Gasteiger partial charge in [-0.25, -0.2) is 0 Å². The minimum atomic E-state index is 0.663. The zero-order chi connectivity index (χ0) is 7.40. The molecule has 1 saturated heterocycles. The Balaban J connectivity index is 2.33. The first kappa shape index (κ1) is 7.29. The number of nitrogens with one attached hydrogen (secondary N) is 1. The van der Waals surface area contributed by atoms with Crippen molar-refractivity contribution in [1.29, 1.82) is 0 Å². The van der Waals surface area contributed by atoms with Crippen LogP contribution in [0.1, 0.15) is 0 Å². The van der Waals surface area contributed by atoms with E-state index >= 15 is 0 Å². The van der Waals surface area contributed by atoms with Gasteiger partial charge in [0.05, 0.1) is 0 Å². The van der Waals surface area contributed by atoms with E-state index in [0.717, 1.165) is 13.1 Å². The van der Waals surface area contributed by atoms with Gasteiger partial charge in [-0.3, -0.25) is 0 Å². The molecule has 0 saturated carbocycles. The van der Waals surface area contributed by atoms with Crippen molar-refractivity contribution >= 4 is 0 Å². The summed E-state index contributed by atoms with van der Waals surface area (Å²) in [5.41, 5.74) is 1.21. The van der Waals surface area contributed by atoms with E-state index in [-0.39, 0.29) is 0 Å². The van der Waals surface area contributed by atoms with Crippen LogP contribution in [0.15, 0.2) is 37.0 Å². The van der Waals surface area contributed by atoms with E-state index in [1.165, 1.54) is 5.57 Å². The Morgan fingerprint density at radius 3 is 2.60 bits per heavy atom. The van der Waals surface area contributed by atoms with Crippen LogP contribution in [0.4, 0.5) is 0 Å². The van der Waals surface area contributed by atoms with Gasteiger partial charge < -0.3 is 5.32 Å². The summed E-state index contributed by atoms with van der Waals surface area (Å²) in [6.45, 7) is 9.70. The van der Waals surface area contributed by atoms with Crippen molar-refractivity contribution in [3.05, 3.63) is 37.0 Å². The van der Waals surface area contributed by atoms with Gasteiger partial charge >= 0.3 is 0 Å². The first-order valence-corrected chi connectivity index (χ1v) is 3.53. The second-order valence-electron chi connectivity index (χ2n) is 2.52. The Morgan fingerprint density at radius 2 is 2.20 bits per heavy atom. The summed E-state index contributed by atoms with van der Waals surface area (Å²) >= 11 is 0. The van der Waals surface area contributed by atoms with Crippen LogP contribution in [0.5, 0.6) is 0 Å². The minimum Gasteiger partial charge on any atom is -0.315 e. The number of rotatable bonds is 3. The fourth-order valence-electron chi connectivity index (χ4n) is 0.879. The van der Waals surface area contributed by atoms with Gasteiger partial charge in [-0.15, -0.1) is 0 Å². The molecule has 1 aliphatic rings. The molecule has 0 aromatic carbocycles. The monoisotopic (exact) mass is 135 g/mol. The normalized spacial score (nSPS) is 18.8. The Hall–Kier alpha value is -0.820. The number of allylic oxidation sites excluding steroid dienone is 3. The van der Waals surface area contributed by atoms with Crippen molar-refractivity contribution in [2.45, 2.75) is 0 Å². The van der Waals surface area contributed by atoms with Crippen molar-refractivity contribution in [2.75, 3.05) is 13.1 Å². The highest BCUT2D eigenvalue weighted by Gasteiger charge is 2.17. The molecule has 1 fully saturated rings. The largest absolute Gasteiger partial charge is 0.315 e. The quantitative estimate of drug-likeness (QED) is 0.578. The lowest BCUT2D eigenvalue weighted by molar-refractivity contribution is 0.406. The van der Waals surface area contributed by atoms with Crippen LogP contribution >= 0.6 is 0 Å². The summed E-state index contributed by atoms with van der Waals surface area (Å²) < 4.78 is 0. The van der Waals surface area contributed by atoms with E-state index < -0.39 is 0 Å². The fourth-order valence-corrected chi connectivity index (χ4v) is 0.879. The first-order chi connectivity index (χ1) is 4.84. The van der Waals surface area contributed by atoms with E-state index in [9.17, 15) is 0 Å². The standard InChI is InChI=1S/C9H13N/c1-3-4-5-8(2)9-6-10-7-9/h3-5,9-10H,1-2,6-7H2/b5-4-. The predicted molar refractivity (Wildman–Crippen MR) is 44.8 cm³/mol. The third-order valence-electron chi connectivity index (χ3n) is 1.75. The Labute approximate surface area is 62.1 Å². The topological polar surface area (TPSA) is 12.0 Å². The van der Waals surface area contributed by atoms with Gasteiger partial charge in [0.1, 0.15) is 0 Å². The molecule has 54 valence electrons. The molecule has 0 aromatic rings. The van der Waals surface area contributed by atoms with E-state index in [2.05, 4.69) is 18.5 Å². The van der Waals surface area contributed by atoms with Crippen molar-refractivity contribution in [1.82, 2.24) is 5.32 Å². The third kappa shape index (κ3) is 1.58. The van der Waals surface area contributed by atoms with E-state index in [4.69, 9.17) is 0 Å². The molecular formula is C9H13N. The molecule has 0 aromatic heterocycles. The molecule has 0 aliphatic carbocycles. The molecule has 0 radical (unpaired) electrons. The zero-order valence-electron chi connectivity index (χ0n) is 6.14. The zero-order valence-corrected chi connectivity index (χ0v) is 6.14. The fraction of sp³-hybridized carbons (Fsp3) is 0.333. The van der Waals surface area contributed by atoms with E-state index in [1.807, 2.05) is 12.2 Å². The molecule has 1 rings (SSSR count). The van der Waals surface area contributed by atoms with Gasteiger partial charge in [-0.05, 0) is 5.57 Å². The Kier molecular flexibility index (Phi) is 2.46. The molecule has 0 amide bonds. The highest BCUT2D eigenvalue weighted by atomic mass is 14.9. The van der Waals surface area contributed by atoms with Crippen molar-refractivity contribution < 1.29 is 0 Å². The van der Waals surface area contributed by atoms with Gasteiger partial charge in [0.2, 0.25) is 0 Å². The van der Waals surface area contributed by atoms with Crippen molar-refractivity contribution in [3.8, 4) is 0 Å². The smallest absolute Gasteiger partial charge is 0.00827 e. The molecule has 1 heteroatoms. The van der Waals surface area contributed by atoms with Crippen molar-refractivity contribution in [2.24, 2.45) is 5.92 Å². The SMILES string of the molecule is C=C/C=C\C(=C)C1CNC1. The van der Waals surface area contributed by atoms with Crippen LogP contribution in [-0.4, -0.2) is 13.1 Å². The second-order valence-corrected chi connectivity index (χ2v) is 2.52. The van der Waals surface area contributed by atoms with Crippen LogP contribution in [0.3, 0.4) is 0 Å². The van der Waals surface area contributed by atoms with Gasteiger partial charge in [0, 0.05) is 19.0 Å². The second kappa shape index (κ2) is 3.37. The molecule has 0 bridgehead atoms. The molecule has 0 spiro atoms. The predicted octanol–water partition coefficient (Wildman–Crippen LogP) is 1.50. The van der Waals surface area contributed by atoms with Crippen LogP contribution in [0.25, 0.3) is 0 Å². The summed E-state index contributed by atoms with van der Waals surface area (Å²) in [7, 11) is 0. The van der Waals surface area contributed by atoms with Crippen LogP contribution < -0.4 is 5.32 Å². The molecule has 1 heterocycles. The third-order valence-corrected chi connectivity index (χ3v) is 1.75. The minimum absolute atomic E-state index is 0.663. The van der Waals surface area contributed by atoms with Gasteiger partial charge in [-0.1, -0.05) is 31.4 Å². The van der Waals surface area contributed by atoms with Gasteiger partial charge in [0.25, 0.3) is 0 Å². The highest BCUT2D eigenvalue weighted by Crippen LogP contribution is 2.14. The molecule has 1 N–H and O–H groups in total. The van der Waals surface area contributed by atoms with Gasteiger partial charge in [-0.2, -0.15) is 0 Å². The van der Waals surface area contributed by atoms with E-state index in [1.54, 1.807) is 6.08 Å². The molecule has 10 heavy (non-hydrogen) atoms. The first-order valence-electron chi connectivity index (χ1n) is 3.53. The van der Waals surface area contributed by atoms with Crippen LogP contribution in [0, 0.1) is 5.92 Å². The summed E-state index contributed by atoms with van der Waals surface area (Å²) in [4.78, 5) is 0. The van der Waals surface area contributed by atoms with Crippen molar-refractivity contribution in [3.63, 3.8) is 0 Å². The lowest BCUT2D eigenvalue weighted by Crippen LogP contribution is -2.42. The molecule has 1 aliphatic heterocycles. The van der Waals surface area contributed by atoms with Crippen LogP contribution in [-0.2, 0) is 0 Å². The molecule has 0 atom stereocenters. The lowest BCUT2D eigenvalue weighted by Gasteiger charge is -2.27. The molecule has 1 nitrogen and oxygen atoms in total. The maximum atomic E-state index is 3.94. The summed E-state index contributed by atoms with van der Waals surface area (Å²) in [6, 6.07) is 0. The Bertz CT molecular complexity index is 164. The highest BCUT2D eigenvalue weighted by molar-refractivity contribution is 5.23. The number of hydrogen-bond acceptors (Lipinski definition) is 1. The number of hydrogen-bond donors (Lipinski definition) is 1. The summed E-state index contributed by atoms with van der Waals surface area (Å²) in [5.74, 6) is 0.663. The maximum Gasteiger partial charge on any atom is 0.00827 e. The Morgan fingerprint density at radius 1 is 1.50 bits per heavy atom. The maximum absolute atomic E-state index is 3.94. The average Bonchev–Trinajstić information content (AvgIpc) is 1.79. The van der Waals surface area contributed by atoms with E-state index in [0.29, 0.717) is 5.92 Å². The van der Waals surface area contributed by atoms with Gasteiger partial charge in [0.15, 0.2) is 0 Å². The summed E-state index contributed by atoms with van der Waals surface area (Å²) in [5, 5.41) is 3.20. The lowest BCUT2D eigenvalue weighted by atomic mass is 9.94. The van der Waals surface area contributed by atoms with Crippen LogP contribution in [0.2, 0.25) is 0 Å². The average molecular weight is 135 g/mol.